The van der Waals surface area contributed by atoms with Gasteiger partial charge in [-0.25, -0.2) is 22.0 Å². The first-order chi connectivity index (χ1) is 9.52. The standard InChI is InChI=1S/C14H16F5N/c15-10-9(11(16)13(18)14(19)12(10)17)7-20-8-5-3-1-2-4-6-8/h8,20H,1-7H2. The fourth-order valence-electron chi connectivity index (χ4n) is 2.54. The second-order valence-electron chi connectivity index (χ2n) is 5.12. The minimum Gasteiger partial charge on any atom is -0.310 e. The fraction of sp³-hybridized carbons (Fsp3) is 0.571. The zero-order valence-corrected chi connectivity index (χ0v) is 10.9. The predicted octanol–water partition coefficient (Wildman–Crippen LogP) is 4.19. The van der Waals surface area contributed by atoms with Crippen molar-refractivity contribution in [2.75, 3.05) is 0 Å². The van der Waals surface area contributed by atoms with Gasteiger partial charge in [0.15, 0.2) is 23.3 Å². The Morgan fingerprint density at radius 1 is 0.700 bits per heavy atom. The molecule has 6 heteroatoms. The van der Waals surface area contributed by atoms with Crippen LogP contribution in [0.2, 0.25) is 0 Å². The number of nitrogens with one attached hydrogen (secondary N) is 1. The van der Waals surface area contributed by atoms with Crippen molar-refractivity contribution < 1.29 is 22.0 Å². The van der Waals surface area contributed by atoms with E-state index in [4.69, 9.17) is 0 Å². The summed E-state index contributed by atoms with van der Waals surface area (Å²) in [7, 11) is 0. The van der Waals surface area contributed by atoms with Crippen LogP contribution in [0, 0.1) is 29.1 Å². The maximum atomic E-state index is 13.5. The molecule has 0 atom stereocenters. The molecule has 0 amide bonds. The molecule has 20 heavy (non-hydrogen) atoms. The molecule has 0 unspecified atom stereocenters. The van der Waals surface area contributed by atoms with Crippen molar-refractivity contribution in [3.63, 3.8) is 0 Å². The zero-order chi connectivity index (χ0) is 14.7. The molecule has 0 saturated heterocycles. The van der Waals surface area contributed by atoms with Crippen molar-refractivity contribution in [1.82, 2.24) is 5.32 Å². The van der Waals surface area contributed by atoms with E-state index in [9.17, 15) is 22.0 Å². The lowest BCUT2D eigenvalue weighted by Gasteiger charge is -2.17. The molecule has 0 aliphatic heterocycles. The Morgan fingerprint density at radius 3 is 1.65 bits per heavy atom. The first kappa shape index (κ1) is 15.2. The van der Waals surface area contributed by atoms with Crippen molar-refractivity contribution in [2.45, 2.75) is 51.1 Å². The van der Waals surface area contributed by atoms with Crippen LogP contribution >= 0.6 is 0 Å². The minimum atomic E-state index is -2.11. The van der Waals surface area contributed by atoms with Gasteiger partial charge in [-0.05, 0) is 12.8 Å². The summed E-state index contributed by atoms with van der Waals surface area (Å²) in [6.45, 7) is -0.351. The van der Waals surface area contributed by atoms with Crippen LogP contribution in [0.5, 0.6) is 0 Å². The molecule has 0 bridgehead atoms. The maximum absolute atomic E-state index is 13.5. The van der Waals surface area contributed by atoms with E-state index in [-0.39, 0.29) is 12.6 Å². The summed E-state index contributed by atoms with van der Waals surface area (Å²) in [5, 5.41) is 2.90. The molecule has 0 aromatic heterocycles. The van der Waals surface area contributed by atoms with E-state index in [2.05, 4.69) is 5.32 Å². The number of hydrogen-bond donors (Lipinski definition) is 1. The first-order valence-electron chi connectivity index (χ1n) is 6.76. The van der Waals surface area contributed by atoms with Crippen LogP contribution in [0.15, 0.2) is 0 Å². The average molecular weight is 293 g/mol. The van der Waals surface area contributed by atoms with E-state index in [1.807, 2.05) is 0 Å². The minimum absolute atomic E-state index is 0.0625. The molecule has 1 aliphatic rings. The third kappa shape index (κ3) is 3.11. The van der Waals surface area contributed by atoms with E-state index in [1.54, 1.807) is 0 Å². The van der Waals surface area contributed by atoms with Crippen LogP contribution in [0.1, 0.15) is 44.1 Å². The van der Waals surface area contributed by atoms with E-state index in [1.165, 1.54) is 0 Å². The lowest BCUT2D eigenvalue weighted by atomic mass is 10.1. The van der Waals surface area contributed by atoms with Gasteiger partial charge in [0.2, 0.25) is 5.82 Å². The fourth-order valence-corrected chi connectivity index (χ4v) is 2.54. The SMILES string of the molecule is Fc1c(F)c(F)c(CNC2CCCCCC2)c(F)c1F. The molecular weight excluding hydrogens is 277 g/mol. The molecule has 1 saturated carbocycles. The predicted molar refractivity (Wildman–Crippen MR) is 64.6 cm³/mol. The summed E-state index contributed by atoms with van der Waals surface area (Å²) in [5.74, 6) is -9.38. The maximum Gasteiger partial charge on any atom is 0.200 e. The van der Waals surface area contributed by atoms with Gasteiger partial charge >= 0.3 is 0 Å². The number of hydrogen-bond acceptors (Lipinski definition) is 1. The van der Waals surface area contributed by atoms with Gasteiger partial charge in [0, 0.05) is 18.2 Å². The molecule has 1 aromatic carbocycles. The highest BCUT2D eigenvalue weighted by Gasteiger charge is 2.25. The molecule has 0 radical (unpaired) electrons. The highest BCUT2D eigenvalue weighted by molar-refractivity contribution is 5.24. The second kappa shape index (κ2) is 6.52. The van der Waals surface area contributed by atoms with E-state index in [0.29, 0.717) is 0 Å². The lowest BCUT2D eigenvalue weighted by Crippen LogP contribution is -2.29. The molecular formula is C14H16F5N. The first-order valence-corrected chi connectivity index (χ1v) is 6.76. The Bertz CT molecular complexity index is 452. The van der Waals surface area contributed by atoms with Gasteiger partial charge in [0.25, 0.3) is 0 Å². The van der Waals surface area contributed by atoms with Gasteiger partial charge in [-0.3, -0.25) is 0 Å². The summed E-state index contributed by atoms with van der Waals surface area (Å²) < 4.78 is 65.9. The van der Waals surface area contributed by atoms with E-state index >= 15 is 0 Å². The molecule has 1 nitrogen and oxygen atoms in total. The molecule has 1 N–H and O–H groups in total. The van der Waals surface area contributed by atoms with Gasteiger partial charge in [0.1, 0.15) is 0 Å². The summed E-state index contributed by atoms with van der Waals surface area (Å²) in [5.41, 5.74) is -0.786. The number of benzene rings is 1. The van der Waals surface area contributed by atoms with E-state index in [0.717, 1.165) is 38.5 Å². The Balaban J connectivity index is 2.13. The second-order valence-corrected chi connectivity index (χ2v) is 5.12. The molecule has 2 rings (SSSR count). The molecule has 0 spiro atoms. The molecule has 1 aromatic rings. The smallest absolute Gasteiger partial charge is 0.200 e. The van der Waals surface area contributed by atoms with Crippen LogP contribution in [-0.4, -0.2) is 6.04 Å². The van der Waals surface area contributed by atoms with Crippen LogP contribution in [0.3, 0.4) is 0 Å². The summed E-state index contributed by atoms with van der Waals surface area (Å²) in [4.78, 5) is 0. The van der Waals surface area contributed by atoms with Crippen molar-refractivity contribution in [3.8, 4) is 0 Å². The summed E-state index contributed by atoms with van der Waals surface area (Å²) >= 11 is 0. The normalized spacial score (nSPS) is 17.2. The third-order valence-electron chi connectivity index (χ3n) is 3.72. The van der Waals surface area contributed by atoms with Crippen LogP contribution in [0.4, 0.5) is 22.0 Å². The number of rotatable bonds is 3. The Hall–Kier alpha value is -1.17. The summed E-state index contributed by atoms with van der Waals surface area (Å²) in [6, 6.07) is 0.0625. The van der Waals surface area contributed by atoms with Crippen LogP contribution in [-0.2, 0) is 6.54 Å². The molecule has 1 aliphatic carbocycles. The zero-order valence-electron chi connectivity index (χ0n) is 10.9. The molecule has 0 heterocycles. The van der Waals surface area contributed by atoms with Crippen LogP contribution < -0.4 is 5.32 Å². The van der Waals surface area contributed by atoms with Crippen molar-refractivity contribution >= 4 is 0 Å². The van der Waals surface area contributed by atoms with Crippen molar-refractivity contribution in [2.24, 2.45) is 0 Å². The third-order valence-corrected chi connectivity index (χ3v) is 3.72. The monoisotopic (exact) mass is 293 g/mol. The van der Waals surface area contributed by atoms with Crippen molar-refractivity contribution in [1.29, 1.82) is 0 Å². The summed E-state index contributed by atoms with van der Waals surface area (Å²) in [6.07, 6.45) is 5.95. The van der Waals surface area contributed by atoms with Crippen molar-refractivity contribution in [3.05, 3.63) is 34.6 Å². The Morgan fingerprint density at radius 2 is 1.15 bits per heavy atom. The van der Waals surface area contributed by atoms with E-state index < -0.39 is 34.6 Å². The lowest BCUT2D eigenvalue weighted by molar-refractivity contribution is 0.361. The van der Waals surface area contributed by atoms with Gasteiger partial charge in [-0.15, -0.1) is 0 Å². The Labute approximate surface area is 114 Å². The largest absolute Gasteiger partial charge is 0.310 e. The molecule has 112 valence electrons. The van der Waals surface area contributed by atoms with Gasteiger partial charge in [-0.1, -0.05) is 25.7 Å². The highest BCUT2D eigenvalue weighted by Crippen LogP contribution is 2.24. The van der Waals surface area contributed by atoms with Gasteiger partial charge in [0.05, 0.1) is 0 Å². The highest BCUT2D eigenvalue weighted by atomic mass is 19.2. The van der Waals surface area contributed by atoms with Crippen LogP contribution in [0.25, 0.3) is 0 Å². The Kier molecular flexibility index (Phi) is 4.96. The van der Waals surface area contributed by atoms with Gasteiger partial charge < -0.3 is 5.32 Å². The molecule has 1 fully saturated rings. The quantitative estimate of drug-likeness (QED) is 0.381. The topological polar surface area (TPSA) is 12.0 Å². The van der Waals surface area contributed by atoms with Gasteiger partial charge in [-0.2, -0.15) is 0 Å². The average Bonchev–Trinajstić information content (AvgIpc) is 2.72. The number of halogens is 5.